The maximum atomic E-state index is 6.00. The lowest BCUT2D eigenvalue weighted by atomic mass is 10.2. The SMILES string of the molecule is CCN(Cc1nc(-c2cccc(Cl)c2)no1)Cc1ccc(Br)s1. The van der Waals surface area contributed by atoms with Crippen LogP contribution in [0.1, 0.15) is 17.7 Å². The van der Waals surface area contributed by atoms with Crippen LogP contribution in [0.2, 0.25) is 5.02 Å². The minimum atomic E-state index is 0.567. The van der Waals surface area contributed by atoms with E-state index in [9.17, 15) is 0 Å². The Hall–Kier alpha value is -1.21. The molecule has 7 heteroatoms. The van der Waals surface area contributed by atoms with Gasteiger partial charge in [-0.1, -0.05) is 35.8 Å². The van der Waals surface area contributed by atoms with Crippen molar-refractivity contribution in [3.63, 3.8) is 0 Å². The van der Waals surface area contributed by atoms with E-state index in [2.05, 4.69) is 50.0 Å². The van der Waals surface area contributed by atoms with Crippen LogP contribution >= 0.6 is 38.9 Å². The molecule has 2 aromatic heterocycles. The fourth-order valence-corrected chi connectivity index (χ4v) is 3.91. The number of nitrogens with zero attached hydrogens (tertiary/aromatic N) is 3. The van der Waals surface area contributed by atoms with Crippen LogP contribution in [0.4, 0.5) is 0 Å². The maximum absolute atomic E-state index is 6.00. The number of benzene rings is 1. The van der Waals surface area contributed by atoms with Gasteiger partial charge >= 0.3 is 0 Å². The van der Waals surface area contributed by atoms with Crippen molar-refractivity contribution in [1.29, 1.82) is 0 Å². The van der Waals surface area contributed by atoms with E-state index in [1.54, 1.807) is 11.3 Å². The summed E-state index contributed by atoms with van der Waals surface area (Å²) in [5.74, 6) is 1.18. The number of thiophene rings is 1. The summed E-state index contributed by atoms with van der Waals surface area (Å²) in [4.78, 5) is 8.03. The second-order valence-electron chi connectivity index (χ2n) is 5.03. The Kier molecular flexibility index (Phi) is 5.48. The average Bonchev–Trinajstić information content (AvgIpc) is 3.16. The summed E-state index contributed by atoms with van der Waals surface area (Å²) in [6, 6.07) is 11.6. The molecule has 0 atom stereocenters. The Labute approximate surface area is 152 Å². The van der Waals surface area contributed by atoms with E-state index in [1.807, 2.05) is 24.3 Å². The molecule has 3 rings (SSSR count). The Morgan fingerprint density at radius 2 is 2.13 bits per heavy atom. The first-order chi connectivity index (χ1) is 11.1. The van der Waals surface area contributed by atoms with Crippen molar-refractivity contribution in [2.45, 2.75) is 20.0 Å². The fraction of sp³-hybridized carbons (Fsp3) is 0.250. The molecule has 0 unspecified atom stereocenters. The average molecular weight is 413 g/mol. The lowest BCUT2D eigenvalue weighted by Gasteiger charge is -2.16. The predicted octanol–water partition coefficient (Wildman–Crippen LogP) is 5.24. The van der Waals surface area contributed by atoms with Crippen LogP contribution in [-0.2, 0) is 13.1 Å². The van der Waals surface area contributed by atoms with Gasteiger partial charge in [0, 0.05) is 22.0 Å². The van der Waals surface area contributed by atoms with Gasteiger partial charge in [0.1, 0.15) is 0 Å². The second kappa shape index (κ2) is 7.57. The Morgan fingerprint density at radius 3 is 2.83 bits per heavy atom. The normalized spacial score (nSPS) is 11.3. The van der Waals surface area contributed by atoms with Gasteiger partial charge in [-0.15, -0.1) is 11.3 Å². The topological polar surface area (TPSA) is 42.2 Å². The van der Waals surface area contributed by atoms with E-state index < -0.39 is 0 Å². The zero-order valence-corrected chi connectivity index (χ0v) is 15.7. The third-order valence-electron chi connectivity index (χ3n) is 3.37. The molecule has 0 bridgehead atoms. The number of rotatable bonds is 6. The highest BCUT2D eigenvalue weighted by Crippen LogP contribution is 2.24. The van der Waals surface area contributed by atoms with Crippen LogP contribution in [0.5, 0.6) is 0 Å². The van der Waals surface area contributed by atoms with Gasteiger partial charge < -0.3 is 4.52 Å². The highest BCUT2D eigenvalue weighted by Gasteiger charge is 2.13. The zero-order chi connectivity index (χ0) is 16.2. The Morgan fingerprint density at radius 1 is 1.26 bits per heavy atom. The molecular formula is C16H15BrClN3OS. The van der Waals surface area contributed by atoms with Crippen molar-refractivity contribution in [3.05, 3.63) is 56.0 Å². The minimum absolute atomic E-state index is 0.567. The Bertz CT molecular complexity index is 789. The molecule has 0 amide bonds. The van der Waals surface area contributed by atoms with Crippen molar-refractivity contribution < 1.29 is 4.52 Å². The van der Waals surface area contributed by atoms with Crippen molar-refractivity contribution in [2.75, 3.05) is 6.54 Å². The van der Waals surface area contributed by atoms with E-state index in [1.165, 1.54) is 4.88 Å². The highest BCUT2D eigenvalue weighted by molar-refractivity contribution is 9.11. The fourth-order valence-electron chi connectivity index (χ4n) is 2.19. The molecular weight excluding hydrogens is 398 g/mol. The maximum Gasteiger partial charge on any atom is 0.241 e. The molecule has 0 saturated heterocycles. The van der Waals surface area contributed by atoms with E-state index in [0.717, 1.165) is 22.4 Å². The lowest BCUT2D eigenvalue weighted by Crippen LogP contribution is -2.21. The van der Waals surface area contributed by atoms with Gasteiger partial charge in [0.25, 0.3) is 0 Å². The molecule has 3 aromatic rings. The minimum Gasteiger partial charge on any atom is -0.338 e. The molecule has 0 aliphatic carbocycles. The van der Waals surface area contributed by atoms with Crippen LogP contribution in [0.3, 0.4) is 0 Å². The van der Waals surface area contributed by atoms with Crippen LogP contribution in [0.15, 0.2) is 44.7 Å². The summed E-state index contributed by atoms with van der Waals surface area (Å²) in [6.45, 7) is 4.52. The molecule has 0 aliphatic rings. The Balaban J connectivity index is 1.69. The van der Waals surface area contributed by atoms with Crippen molar-refractivity contribution in [1.82, 2.24) is 15.0 Å². The van der Waals surface area contributed by atoms with E-state index in [-0.39, 0.29) is 0 Å². The van der Waals surface area contributed by atoms with Crippen LogP contribution in [-0.4, -0.2) is 21.6 Å². The third-order valence-corrected chi connectivity index (χ3v) is 5.21. The van der Waals surface area contributed by atoms with Gasteiger partial charge in [0.05, 0.1) is 10.3 Å². The standard InChI is InChI=1S/C16H15BrClN3OS/c1-2-21(9-13-6-7-14(17)23-13)10-15-19-16(20-22-15)11-4-3-5-12(18)8-11/h3-8H,2,9-10H2,1H3. The number of hydrogen-bond donors (Lipinski definition) is 0. The van der Waals surface area contributed by atoms with Crippen LogP contribution < -0.4 is 0 Å². The summed E-state index contributed by atoms with van der Waals surface area (Å²) in [5.41, 5.74) is 0.859. The van der Waals surface area contributed by atoms with Gasteiger partial charge in [0.2, 0.25) is 11.7 Å². The largest absolute Gasteiger partial charge is 0.338 e. The van der Waals surface area contributed by atoms with Gasteiger partial charge in [-0.3, -0.25) is 4.90 Å². The van der Waals surface area contributed by atoms with Gasteiger partial charge in [-0.05, 0) is 46.7 Å². The van der Waals surface area contributed by atoms with E-state index >= 15 is 0 Å². The first kappa shape index (κ1) is 16.6. The highest BCUT2D eigenvalue weighted by atomic mass is 79.9. The number of aromatic nitrogens is 2. The first-order valence-electron chi connectivity index (χ1n) is 7.19. The molecule has 23 heavy (non-hydrogen) atoms. The molecule has 0 spiro atoms. The molecule has 120 valence electrons. The summed E-state index contributed by atoms with van der Waals surface area (Å²) >= 11 is 11.2. The van der Waals surface area contributed by atoms with Crippen molar-refractivity contribution in [2.24, 2.45) is 0 Å². The second-order valence-corrected chi connectivity index (χ2v) is 8.02. The number of hydrogen-bond acceptors (Lipinski definition) is 5. The summed E-state index contributed by atoms with van der Waals surface area (Å²) in [7, 11) is 0. The van der Waals surface area contributed by atoms with Crippen molar-refractivity contribution >= 4 is 38.9 Å². The quantitative estimate of drug-likeness (QED) is 0.555. The van der Waals surface area contributed by atoms with Crippen molar-refractivity contribution in [3.8, 4) is 11.4 Å². The van der Waals surface area contributed by atoms with Crippen LogP contribution in [0, 0.1) is 0 Å². The van der Waals surface area contributed by atoms with Gasteiger partial charge in [0.15, 0.2) is 0 Å². The molecule has 1 aromatic carbocycles. The van der Waals surface area contributed by atoms with Crippen LogP contribution in [0.25, 0.3) is 11.4 Å². The first-order valence-corrected chi connectivity index (χ1v) is 9.18. The zero-order valence-electron chi connectivity index (χ0n) is 12.5. The smallest absolute Gasteiger partial charge is 0.241 e. The number of halogens is 2. The monoisotopic (exact) mass is 411 g/mol. The summed E-state index contributed by atoms with van der Waals surface area (Å²) < 4.78 is 6.53. The van der Waals surface area contributed by atoms with E-state index in [0.29, 0.717) is 23.3 Å². The summed E-state index contributed by atoms with van der Waals surface area (Å²) in [5, 5.41) is 4.71. The third kappa shape index (κ3) is 4.41. The molecule has 2 heterocycles. The molecule has 4 nitrogen and oxygen atoms in total. The molecule has 0 radical (unpaired) electrons. The van der Waals surface area contributed by atoms with Gasteiger partial charge in [-0.25, -0.2) is 0 Å². The molecule has 0 aliphatic heterocycles. The lowest BCUT2D eigenvalue weighted by molar-refractivity contribution is 0.230. The molecule has 0 N–H and O–H groups in total. The van der Waals surface area contributed by atoms with Gasteiger partial charge in [-0.2, -0.15) is 4.98 Å². The van der Waals surface area contributed by atoms with E-state index in [4.69, 9.17) is 16.1 Å². The predicted molar refractivity (Wildman–Crippen MR) is 96.6 cm³/mol. The summed E-state index contributed by atoms with van der Waals surface area (Å²) in [6.07, 6.45) is 0. The molecule has 0 saturated carbocycles. The molecule has 0 fully saturated rings.